The molecule has 0 saturated carbocycles. The number of hydrogen-bond acceptors (Lipinski definition) is 3. The molecule has 2 atom stereocenters. The Hall–Kier alpha value is -1.20. The van der Waals surface area contributed by atoms with E-state index in [1.807, 2.05) is 12.1 Å². The molecule has 3 rings (SSSR count). The Balaban J connectivity index is 1.73. The van der Waals surface area contributed by atoms with E-state index in [0.29, 0.717) is 24.3 Å². The largest absolute Gasteiger partial charge is 0.434 e. The van der Waals surface area contributed by atoms with Crippen molar-refractivity contribution >= 4 is 0 Å². The fraction of sp³-hybridized carbons (Fsp3) is 0.600. The zero-order valence-corrected chi connectivity index (χ0v) is 11.4. The monoisotopic (exact) mass is 282 g/mol. The molecule has 0 amide bonds. The van der Waals surface area contributed by atoms with Gasteiger partial charge in [0.25, 0.3) is 0 Å². The van der Waals surface area contributed by atoms with Gasteiger partial charge >= 0.3 is 6.61 Å². The van der Waals surface area contributed by atoms with Crippen LogP contribution in [0.3, 0.4) is 0 Å². The number of alkyl halides is 2. The van der Waals surface area contributed by atoms with Crippen LogP contribution in [0, 0.1) is 5.92 Å². The van der Waals surface area contributed by atoms with E-state index in [-0.39, 0.29) is 0 Å². The minimum Gasteiger partial charge on any atom is -0.434 e. The summed E-state index contributed by atoms with van der Waals surface area (Å²) >= 11 is 0. The summed E-state index contributed by atoms with van der Waals surface area (Å²) in [6.07, 6.45) is 2.45. The normalized spacial score (nSPS) is 26.8. The number of rotatable bonds is 4. The molecule has 0 spiro atoms. The number of hydrogen-bond donors (Lipinski definition) is 1. The van der Waals surface area contributed by atoms with Crippen molar-refractivity contribution in [2.75, 3.05) is 19.6 Å². The molecule has 1 aromatic carbocycles. The summed E-state index contributed by atoms with van der Waals surface area (Å²) in [5.41, 5.74) is 0.848. The van der Waals surface area contributed by atoms with Crippen molar-refractivity contribution in [1.82, 2.24) is 10.2 Å². The van der Waals surface area contributed by atoms with Gasteiger partial charge in [0.15, 0.2) is 0 Å². The molecule has 110 valence electrons. The maximum Gasteiger partial charge on any atom is 0.387 e. The van der Waals surface area contributed by atoms with Crippen molar-refractivity contribution in [2.45, 2.75) is 32.0 Å². The average molecular weight is 282 g/mol. The highest BCUT2D eigenvalue weighted by Crippen LogP contribution is 2.30. The Kier molecular flexibility index (Phi) is 4.17. The molecule has 2 saturated heterocycles. The van der Waals surface area contributed by atoms with Crippen molar-refractivity contribution in [1.29, 1.82) is 0 Å². The smallest absolute Gasteiger partial charge is 0.387 e. The number of likely N-dealkylation sites (tertiary alicyclic amines) is 1. The first kappa shape index (κ1) is 13.8. The molecule has 0 aromatic heterocycles. The van der Waals surface area contributed by atoms with Crippen molar-refractivity contribution < 1.29 is 13.5 Å². The molecule has 0 aliphatic carbocycles. The van der Waals surface area contributed by atoms with Crippen molar-refractivity contribution in [3.05, 3.63) is 29.8 Å². The van der Waals surface area contributed by atoms with Crippen LogP contribution in [0.4, 0.5) is 8.78 Å². The van der Waals surface area contributed by atoms with Crippen LogP contribution >= 0.6 is 0 Å². The van der Waals surface area contributed by atoms with Crippen LogP contribution < -0.4 is 10.1 Å². The quantitative estimate of drug-likeness (QED) is 0.918. The molecule has 2 aliphatic rings. The van der Waals surface area contributed by atoms with Gasteiger partial charge in [-0.05, 0) is 37.9 Å². The van der Waals surface area contributed by atoms with Gasteiger partial charge < -0.3 is 10.1 Å². The van der Waals surface area contributed by atoms with Gasteiger partial charge in [-0.1, -0.05) is 18.2 Å². The third kappa shape index (κ3) is 2.94. The SMILES string of the molecule is FC(F)Oc1ccccc1CN1CCCC2CNCC21. The second-order valence-electron chi connectivity index (χ2n) is 5.58. The lowest BCUT2D eigenvalue weighted by atomic mass is 9.91. The summed E-state index contributed by atoms with van der Waals surface area (Å²) in [7, 11) is 0. The lowest BCUT2D eigenvalue weighted by Gasteiger charge is -2.37. The lowest BCUT2D eigenvalue weighted by molar-refractivity contribution is -0.0510. The van der Waals surface area contributed by atoms with Crippen LogP contribution in [-0.4, -0.2) is 37.2 Å². The zero-order chi connectivity index (χ0) is 13.9. The Morgan fingerprint density at radius 2 is 2.15 bits per heavy atom. The van der Waals surface area contributed by atoms with E-state index >= 15 is 0 Å². The van der Waals surface area contributed by atoms with Gasteiger partial charge in [-0.3, -0.25) is 4.90 Å². The van der Waals surface area contributed by atoms with E-state index < -0.39 is 6.61 Å². The molecule has 20 heavy (non-hydrogen) atoms. The third-order valence-electron chi connectivity index (χ3n) is 4.36. The van der Waals surface area contributed by atoms with Crippen molar-refractivity contribution in [3.63, 3.8) is 0 Å². The van der Waals surface area contributed by atoms with E-state index in [2.05, 4.69) is 15.0 Å². The van der Waals surface area contributed by atoms with Crippen LogP contribution in [0.2, 0.25) is 0 Å². The van der Waals surface area contributed by atoms with Gasteiger partial charge in [0.1, 0.15) is 5.75 Å². The lowest BCUT2D eigenvalue weighted by Crippen LogP contribution is -2.44. The highest BCUT2D eigenvalue weighted by molar-refractivity contribution is 5.33. The molecular weight excluding hydrogens is 262 g/mol. The number of nitrogens with one attached hydrogen (secondary N) is 1. The molecule has 1 aromatic rings. The first-order valence-corrected chi connectivity index (χ1v) is 7.21. The second-order valence-corrected chi connectivity index (χ2v) is 5.58. The number of halogens is 2. The van der Waals surface area contributed by atoms with E-state index in [4.69, 9.17) is 0 Å². The summed E-state index contributed by atoms with van der Waals surface area (Å²) in [5, 5.41) is 3.43. The molecule has 5 heteroatoms. The van der Waals surface area contributed by atoms with Crippen LogP contribution in [0.5, 0.6) is 5.75 Å². The predicted molar refractivity (Wildman–Crippen MR) is 72.9 cm³/mol. The van der Waals surface area contributed by atoms with Crippen molar-refractivity contribution in [2.24, 2.45) is 5.92 Å². The number of fused-ring (bicyclic) bond motifs is 1. The molecule has 2 aliphatic heterocycles. The summed E-state index contributed by atoms with van der Waals surface area (Å²) in [6, 6.07) is 7.64. The molecule has 3 nitrogen and oxygen atoms in total. The van der Waals surface area contributed by atoms with Crippen LogP contribution in [0.15, 0.2) is 24.3 Å². The predicted octanol–water partition coefficient (Wildman–Crippen LogP) is 2.47. The van der Waals surface area contributed by atoms with Gasteiger partial charge in [0.2, 0.25) is 0 Å². The van der Waals surface area contributed by atoms with Crippen molar-refractivity contribution in [3.8, 4) is 5.75 Å². The Morgan fingerprint density at radius 3 is 3.00 bits per heavy atom. The Labute approximate surface area is 117 Å². The number of para-hydroxylation sites is 1. The van der Waals surface area contributed by atoms with E-state index in [0.717, 1.165) is 25.2 Å². The van der Waals surface area contributed by atoms with Gasteiger partial charge in [-0.2, -0.15) is 8.78 Å². The molecule has 2 unspecified atom stereocenters. The first-order chi connectivity index (χ1) is 9.74. The fourth-order valence-corrected chi connectivity index (χ4v) is 3.42. The van der Waals surface area contributed by atoms with E-state index in [1.165, 1.54) is 12.8 Å². The highest BCUT2D eigenvalue weighted by atomic mass is 19.3. The van der Waals surface area contributed by atoms with Crippen LogP contribution in [0.25, 0.3) is 0 Å². The fourth-order valence-electron chi connectivity index (χ4n) is 3.42. The van der Waals surface area contributed by atoms with E-state index in [9.17, 15) is 8.78 Å². The van der Waals surface area contributed by atoms with Crippen LogP contribution in [0.1, 0.15) is 18.4 Å². The average Bonchev–Trinajstić information content (AvgIpc) is 2.90. The van der Waals surface area contributed by atoms with Gasteiger partial charge in [-0.25, -0.2) is 0 Å². The number of piperidine rings is 1. The van der Waals surface area contributed by atoms with Gasteiger partial charge in [0.05, 0.1) is 0 Å². The maximum atomic E-state index is 12.4. The molecular formula is C15H20F2N2O. The van der Waals surface area contributed by atoms with E-state index in [1.54, 1.807) is 12.1 Å². The number of benzene rings is 1. The molecule has 2 heterocycles. The minimum absolute atomic E-state index is 0.301. The molecule has 2 fully saturated rings. The minimum atomic E-state index is -2.77. The summed E-state index contributed by atoms with van der Waals surface area (Å²) < 4.78 is 29.5. The maximum absolute atomic E-state index is 12.4. The molecule has 0 radical (unpaired) electrons. The zero-order valence-electron chi connectivity index (χ0n) is 11.4. The number of ether oxygens (including phenoxy) is 1. The Bertz CT molecular complexity index is 455. The van der Waals surface area contributed by atoms with Gasteiger partial charge in [-0.15, -0.1) is 0 Å². The first-order valence-electron chi connectivity index (χ1n) is 7.21. The van der Waals surface area contributed by atoms with Crippen LogP contribution in [-0.2, 0) is 6.54 Å². The standard InChI is InChI=1S/C15H20F2N2O/c16-15(17)20-14-6-2-1-4-12(14)10-19-7-3-5-11-8-18-9-13(11)19/h1-2,4,6,11,13,15,18H,3,5,7-10H2. The highest BCUT2D eigenvalue weighted by Gasteiger charge is 2.35. The summed E-state index contributed by atoms with van der Waals surface area (Å²) in [4.78, 5) is 2.40. The summed E-state index contributed by atoms with van der Waals surface area (Å²) in [6.45, 7) is 1.04. The Morgan fingerprint density at radius 1 is 1.30 bits per heavy atom. The third-order valence-corrected chi connectivity index (χ3v) is 4.36. The summed E-state index contributed by atoms with van der Waals surface area (Å²) in [5.74, 6) is 1.00. The topological polar surface area (TPSA) is 24.5 Å². The van der Waals surface area contributed by atoms with Gasteiger partial charge in [0, 0.05) is 24.7 Å². The second kappa shape index (κ2) is 6.06. The number of nitrogens with zero attached hydrogens (tertiary/aromatic N) is 1. The molecule has 1 N–H and O–H groups in total. The molecule has 0 bridgehead atoms.